The van der Waals surface area contributed by atoms with Crippen molar-refractivity contribution in [3.63, 3.8) is 0 Å². The molecule has 0 saturated carbocycles. The van der Waals surface area contributed by atoms with Gasteiger partial charge in [-0.05, 0) is 128 Å². The second-order valence-electron chi connectivity index (χ2n) is 18.5. The Hall–Kier alpha value is -4.45. The van der Waals surface area contributed by atoms with Crippen molar-refractivity contribution < 1.29 is 28.6 Å². The molecule has 0 unspecified atom stereocenters. The number of esters is 3. The Labute approximate surface area is 436 Å². The fraction of sp³-hybridized carbons (Fsp3) is 0.615. The summed E-state index contributed by atoms with van der Waals surface area (Å²) in [6, 6.07) is 0. The lowest BCUT2D eigenvalue weighted by molar-refractivity contribution is -0.166. The Bertz CT molecular complexity index is 1550. The molecule has 0 bridgehead atoms. The van der Waals surface area contributed by atoms with Gasteiger partial charge in [0.05, 0.1) is 0 Å². The number of allylic oxidation sites excluding steroid dienone is 22. The maximum absolute atomic E-state index is 12.9. The molecule has 0 aliphatic heterocycles. The predicted octanol–water partition coefficient (Wildman–Crippen LogP) is 19.4. The van der Waals surface area contributed by atoms with Crippen LogP contribution in [0.15, 0.2) is 134 Å². The van der Waals surface area contributed by atoms with Gasteiger partial charge in [-0.15, -0.1) is 0 Å². The largest absolute Gasteiger partial charge is 0.462 e. The summed E-state index contributed by atoms with van der Waals surface area (Å²) in [5.74, 6) is -1.04. The number of carbonyl (C=O) groups is 3. The number of carbonyl (C=O) groups excluding carboxylic acids is 3. The molecule has 0 radical (unpaired) electrons. The molecule has 0 saturated heterocycles. The first kappa shape index (κ1) is 66.6. The fourth-order valence-corrected chi connectivity index (χ4v) is 7.33. The average molecular weight is 982 g/mol. The van der Waals surface area contributed by atoms with Crippen molar-refractivity contribution in [2.45, 2.75) is 245 Å². The normalized spacial score (nSPS) is 13.1. The van der Waals surface area contributed by atoms with Crippen molar-refractivity contribution in [3.05, 3.63) is 134 Å². The van der Waals surface area contributed by atoms with Crippen molar-refractivity contribution in [3.8, 4) is 0 Å². The van der Waals surface area contributed by atoms with Gasteiger partial charge in [0.15, 0.2) is 6.10 Å². The molecule has 0 aliphatic rings. The van der Waals surface area contributed by atoms with Crippen molar-refractivity contribution in [2.24, 2.45) is 0 Å². The SMILES string of the molecule is CC/C=C\C/C=C\C/C=C\C/C=C\CCCCCCC(=O)OC[C@H](COC(=O)CC/C=C\C/C=C\C/C=C\C/C=C\C/C=C\CCCCC)OC(=O)CCCCCCCCC/C=C\C/C=C\CCCCC. The van der Waals surface area contributed by atoms with Crippen LogP contribution >= 0.6 is 0 Å². The smallest absolute Gasteiger partial charge is 0.306 e. The number of ether oxygens (including phenoxy) is 3. The average Bonchev–Trinajstić information content (AvgIpc) is 3.37. The molecular weight excluding hydrogens is 877 g/mol. The minimum absolute atomic E-state index is 0.121. The zero-order valence-corrected chi connectivity index (χ0v) is 45.7. The van der Waals surface area contributed by atoms with Crippen LogP contribution in [-0.2, 0) is 28.6 Å². The van der Waals surface area contributed by atoms with Crippen molar-refractivity contribution in [1.29, 1.82) is 0 Å². The lowest BCUT2D eigenvalue weighted by Gasteiger charge is -2.18. The molecule has 71 heavy (non-hydrogen) atoms. The molecule has 1 atom stereocenters. The van der Waals surface area contributed by atoms with E-state index in [1.807, 2.05) is 6.08 Å². The summed E-state index contributed by atoms with van der Waals surface area (Å²) < 4.78 is 16.8. The molecular formula is C65H104O6. The molecule has 0 aliphatic carbocycles. The monoisotopic (exact) mass is 981 g/mol. The lowest BCUT2D eigenvalue weighted by atomic mass is 10.1. The summed E-state index contributed by atoms with van der Waals surface area (Å²) in [5, 5.41) is 0. The number of rotatable bonds is 50. The fourth-order valence-electron chi connectivity index (χ4n) is 7.33. The van der Waals surface area contributed by atoms with Gasteiger partial charge in [0.1, 0.15) is 13.2 Å². The Morgan fingerprint density at radius 1 is 0.296 bits per heavy atom. The van der Waals surface area contributed by atoms with Gasteiger partial charge < -0.3 is 14.2 Å². The molecule has 0 aromatic heterocycles. The quantitative estimate of drug-likeness (QED) is 0.0262. The summed E-state index contributed by atoms with van der Waals surface area (Å²) >= 11 is 0. The number of unbranched alkanes of at least 4 members (excludes halogenated alkanes) is 17. The van der Waals surface area contributed by atoms with Gasteiger partial charge in [0.25, 0.3) is 0 Å². The molecule has 0 heterocycles. The standard InChI is InChI=1S/C65H104O6/c1-4-7-10-13-16-19-22-25-28-31-32-35-37-40-43-46-49-52-55-58-64(67)70-61-62(71-65(68)59-56-53-50-47-44-41-38-34-30-27-24-21-18-15-12-9-6-3)60-69-63(66)57-54-51-48-45-42-39-36-33-29-26-23-20-17-14-11-8-5-2/h8,11,16-21,25-30,32,35-36,39-40,43,49,52,62H,4-7,9-10,12-15,22-24,31,33-34,37-38,41-42,44-48,50-51,53-61H2,1-3H3/b11-8-,19-16-,20-17-,21-18-,28-25-,29-26-,30-27-,35-32-,39-36-,43-40-,52-49-/t62-/m1/s1. The van der Waals surface area contributed by atoms with E-state index in [1.54, 1.807) is 0 Å². The zero-order chi connectivity index (χ0) is 51.4. The van der Waals surface area contributed by atoms with E-state index >= 15 is 0 Å². The zero-order valence-electron chi connectivity index (χ0n) is 45.7. The van der Waals surface area contributed by atoms with Crippen LogP contribution in [0.25, 0.3) is 0 Å². The maximum Gasteiger partial charge on any atom is 0.306 e. The van der Waals surface area contributed by atoms with Crippen molar-refractivity contribution >= 4 is 17.9 Å². The van der Waals surface area contributed by atoms with E-state index in [-0.39, 0.29) is 37.5 Å². The van der Waals surface area contributed by atoms with Gasteiger partial charge in [-0.3, -0.25) is 14.4 Å². The topological polar surface area (TPSA) is 78.9 Å². The summed E-state index contributed by atoms with van der Waals surface area (Å²) in [7, 11) is 0. The molecule has 0 aromatic rings. The minimum atomic E-state index is -0.828. The van der Waals surface area contributed by atoms with Crippen LogP contribution in [0.5, 0.6) is 0 Å². The Balaban J connectivity index is 4.58. The van der Waals surface area contributed by atoms with Gasteiger partial charge in [0.2, 0.25) is 0 Å². The summed E-state index contributed by atoms with van der Waals surface area (Å²) in [5.41, 5.74) is 0. The third-order valence-electron chi connectivity index (χ3n) is 11.6. The van der Waals surface area contributed by atoms with E-state index in [0.717, 1.165) is 116 Å². The van der Waals surface area contributed by atoms with Crippen LogP contribution in [-0.4, -0.2) is 37.2 Å². The van der Waals surface area contributed by atoms with E-state index in [1.165, 1.54) is 77.0 Å². The summed E-state index contributed by atoms with van der Waals surface area (Å²) in [4.78, 5) is 38.1. The first-order valence-electron chi connectivity index (χ1n) is 28.7. The van der Waals surface area contributed by atoms with E-state index in [9.17, 15) is 14.4 Å². The van der Waals surface area contributed by atoms with Crippen molar-refractivity contribution in [1.82, 2.24) is 0 Å². The Morgan fingerprint density at radius 3 is 0.944 bits per heavy atom. The third-order valence-corrected chi connectivity index (χ3v) is 11.6. The predicted molar refractivity (Wildman–Crippen MR) is 306 cm³/mol. The number of hydrogen-bond donors (Lipinski definition) is 0. The van der Waals surface area contributed by atoms with Gasteiger partial charge in [0, 0.05) is 19.3 Å². The van der Waals surface area contributed by atoms with Crippen LogP contribution in [0.2, 0.25) is 0 Å². The molecule has 0 fully saturated rings. The highest BCUT2D eigenvalue weighted by Gasteiger charge is 2.19. The molecule has 0 spiro atoms. The van der Waals surface area contributed by atoms with Crippen LogP contribution < -0.4 is 0 Å². The molecule has 0 N–H and O–H groups in total. The van der Waals surface area contributed by atoms with Crippen LogP contribution in [0, 0.1) is 0 Å². The molecule has 0 rings (SSSR count). The second-order valence-corrected chi connectivity index (χ2v) is 18.5. The second kappa shape index (κ2) is 58.1. The minimum Gasteiger partial charge on any atom is -0.462 e. The highest BCUT2D eigenvalue weighted by molar-refractivity contribution is 5.71. The molecule has 0 aromatic carbocycles. The van der Waals surface area contributed by atoms with E-state index < -0.39 is 6.10 Å². The van der Waals surface area contributed by atoms with E-state index in [4.69, 9.17) is 14.2 Å². The van der Waals surface area contributed by atoms with Crippen LogP contribution in [0.1, 0.15) is 239 Å². The molecule has 400 valence electrons. The third kappa shape index (κ3) is 56.3. The van der Waals surface area contributed by atoms with Crippen molar-refractivity contribution in [2.75, 3.05) is 13.2 Å². The molecule has 0 amide bonds. The first-order valence-corrected chi connectivity index (χ1v) is 28.7. The van der Waals surface area contributed by atoms with Crippen LogP contribution in [0.4, 0.5) is 0 Å². The molecule has 6 heteroatoms. The lowest BCUT2D eigenvalue weighted by Crippen LogP contribution is -2.30. The first-order chi connectivity index (χ1) is 35.0. The number of hydrogen-bond acceptors (Lipinski definition) is 6. The van der Waals surface area contributed by atoms with Gasteiger partial charge in [-0.1, -0.05) is 225 Å². The van der Waals surface area contributed by atoms with Crippen LogP contribution in [0.3, 0.4) is 0 Å². The molecule has 6 nitrogen and oxygen atoms in total. The van der Waals surface area contributed by atoms with Gasteiger partial charge in [-0.25, -0.2) is 0 Å². The summed E-state index contributed by atoms with van der Waals surface area (Å²) in [6.07, 6.45) is 81.6. The summed E-state index contributed by atoms with van der Waals surface area (Å²) in [6.45, 7) is 6.37. The van der Waals surface area contributed by atoms with E-state index in [2.05, 4.69) is 148 Å². The maximum atomic E-state index is 12.9. The van der Waals surface area contributed by atoms with E-state index in [0.29, 0.717) is 19.3 Å². The highest BCUT2D eigenvalue weighted by Crippen LogP contribution is 2.13. The Morgan fingerprint density at radius 2 is 0.577 bits per heavy atom. The highest BCUT2D eigenvalue weighted by atomic mass is 16.6. The Kier molecular flexibility index (Phi) is 54.5. The van der Waals surface area contributed by atoms with Gasteiger partial charge >= 0.3 is 17.9 Å². The van der Waals surface area contributed by atoms with Gasteiger partial charge in [-0.2, -0.15) is 0 Å².